The van der Waals surface area contributed by atoms with Gasteiger partial charge in [-0.15, -0.1) is 0 Å². The number of hydrogen-bond acceptors (Lipinski definition) is 4. The van der Waals surface area contributed by atoms with Gasteiger partial charge >= 0.3 is 6.09 Å². The maximum atomic E-state index is 13.2. The molecular formula is C20H13Cl2FN4O2. The average molecular weight is 431 g/mol. The molecule has 4 rings (SSSR count). The quantitative estimate of drug-likeness (QED) is 0.461. The van der Waals surface area contributed by atoms with E-state index in [1.165, 1.54) is 24.5 Å². The molecule has 4 aromatic rings. The number of fused-ring (bicyclic) bond motifs is 1. The Morgan fingerprint density at radius 3 is 2.59 bits per heavy atom. The first-order chi connectivity index (χ1) is 14.0. The topological polar surface area (TPSA) is 69.0 Å². The number of ether oxygens (including phenoxy) is 1. The molecule has 0 atom stereocenters. The average Bonchev–Trinajstić information content (AvgIpc) is 3.04. The van der Waals surface area contributed by atoms with Gasteiger partial charge in [0.2, 0.25) is 0 Å². The van der Waals surface area contributed by atoms with Crippen LogP contribution in [0.15, 0.2) is 61.2 Å². The van der Waals surface area contributed by atoms with Crippen LogP contribution < -0.4 is 10.1 Å². The molecule has 146 valence electrons. The Bertz CT molecular complexity index is 1170. The SMILES string of the molecule is O=C(Nc1c(Cl)cncc1Cl)Oc1cn(Cc2ccc(F)cc2)c2ncccc12. The van der Waals surface area contributed by atoms with E-state index in [2.05, 4.69) is 15.3 Å². The van der Waals surface area contributed by atoms with E-state index in [-0.39, 0.29) is 21.5 Å². The third-order valence-electron chi connectivity index (χ3n) is 4.15. The zero-order valence-electron chi connectivity index (χ0n) is 14.8. The van der Waals surface area contributed by atoms with Crippen molar-refractivity contribution < 1.29 is 13.9 Å². The first-order valence-electron chi connectivity index (χ1n) is 8.47. The third kappa shape index (κ3) is 4.16. The van der Waals surface area contributed by atoms with Crippen LogP contribution in [0.2, 0.25) is 10.0 Å². The van der Waals surface area contributed by atoms with Crippen LogP contribution in [-0.2, 0) is 6.54 Å². The monoisotopic (exact) mass is 430 g/mol. The minimum atomic E-state index is -0.760. The molecule has 0 bridgehead atoms. The van der Waals surface area contributed by atoms with Gasteiger partial charge in [-0.2, -0.15) is 0 Å². The number of nitrogens with zero attached hydrogens (tertiary/aromatic N) is 3. The van der Waals surface area contributed by atoms with E-state index in [0.717, 1.165) is 5.56 Å². The van der Waals surface area contributed by atoms with E-state index in [4.69, 9.17) is 27.9 Å². The minimum absolute atomic E-state index is 0.190. The lowest BCUT2D eigenvalue weighted by Crippen LogP contribution is -2.17. The Balaban J connectivity index is 1.60. The molecule has 29 heavy (non-hydrogen) atoms. The molecule has 1 amide bonds. The van der Waals surface area contributed by atoms with Crippen molar-refractivity contribution in [2.24, 2.45) is 0 Å². The lowest BCUT2D eigenvalue weighted by atomic mass is 10.2. The van der Waals surface area contributed by atoms with Gasteiger partial charge in [0.15, 0.2) is 5.75 Å². The molecule has 9 heteroatoms. The van der Waals surface area contributed by atoms with Crippen molar-refractivity contribution in [1.82, 2.24) is 14.5 Å². The number of aromatic nitrogens is 3. The molecule has 3 heterocycles. The normalized spacial score (nSPS) is 10.9. The standard InChI is InChI=1S/C20H13Cl2FN4O2/c21-15-8-24-9-16(22)18(15)26-20(28)29-17-11-27(19-14(17)2-1-7-25-19)10-12-3-5-13(23)6-4-12/h1-9,11H,10H2,(H,24,26,28). The zero-order valence-corrected chi connectivity index (χ0v) is 16.3. The Morgan fingerprint density at radius 1 is 1.14 bits per heavy atom. The number of carbonyl (C=O) groups is 1. The van der Waals surface area contributed by atoms with Crippen molar-refractivity contribution in [3.63, 3.8) is 0 Å². The van der Waals surface area contributed by atoms with E-state index in [1.807, 2.05) is 4.57 Å². The van der Waals surface area contributed by atoms with E-state index in [1.54, 1.807) is 36.7 Å². The molecule has 0 spiro atoms. The van der Waals surface area contributed by atoms with Gasteiger partial charge in [0, 0.05) is 31.3 Å². The van der Waals surface area contributed by atoms with Crippen molar-refractivity contribution in [1.29, 1.82) is 0 Å². The maximum Gasteiger partial charge on any atom is 0.417 e. The van der Waals surface area contributed by atoms with Gasteiger partial charge in [0.1, 0.15) is 11.5 Å². The van der Waals surface area contributed by atoms with Crippen LogP contribution in [-0.4, -0.2) is 20.6 Å². The van der Waals surface area contributed by atoms with Gasteiger partial charge in [-0.25, -0.2) is 14.2 Å². The number of carbonyl (C=O) groups excluding carboxylic acids is 1. The number of benzene rings is 1. The first kappa shape index (κ1) is 19.2. The highest BCUT2D eigenvalue weighted by Crippen LogP contribution is 2.30. The number of pyridine rings is 2. The van der Waals surface area contributed by atoms with Crippen LogP contribution in [0.25, 0.3) is 11.0 Å². The number of nitrogens with one attached hydrogen (secondary N) is 1. The number of anilines is 1. The second kappa shape index (κ2) is 8.06. The Labute approximate surface area is 174 Å². The van der Waals surface area contributed by atoms with Gasteiger partial charge in [-0.05, 0) is 29.8 Å². The number of hydrogen-bond donors (Lipinski definition) is 1. The van der Waals surface area contributed by atoms with E-state index >= 15 is 0 Å². The van der Waals surface area contributed by atoms with Gasteiger partial charge < -0.3 is 9.30 Å². The van der Waals surface area contributed by atoms with Gasteiger partial charge in [-0.1, -0.05) is 35.3 Å². The van der Waals surface area contributed by atoms with Crippen LogP contribution in [0.4, 0.5) is 14.9 Å². The summed E-state index contributed by atoms with van der Waals surface area (Å²) in [4.78, 5) is 20.6. The number of rotatable bonds is 4. The summed E-state index contributed by atoms with van der Waals surface area (Å²) in [6.45, 7) is 0.431. The smallest absolute Gasteiger partial charge is 0.408 e. The van der Waals surface area contributed by atoms with Crippen molar-refractivity contribution in [3.8, 4) is 5.75 Å². The molecule has 1 N–H and O–H groups in total. The molecule has 0 unspecified atom stereocenters. The summed E-state index contributed by atoms with van der Waals surface area (Å²) in [5.41, 5.74) is 1.71. The van der Waals surface area contributed by atoms with Crippen molar-refractivity contribution in [3.05, 3.63) is 82.6 Å². The minimum Gasteiger partial charge on any atom is -0.408 e. The Morgan fingerprint density at radius 2 is 1.86 bits per heavy atom. The number of halogens is 3. The summed E-state index contributed by atoms with van der Waals surface area (Å²) < 4.78 is 20.4. The van der Waals surface area contributed by atoms with Crippen LogP contribution >= 0.6 is 23.2 Å². The fourth-order valence-electron chi connectivity index (χ4n) is 2.84. The van der Waals surface area contributed by atoms with Crippen LogP contribution in [0.5, 0.6) is 5.75 Å². The molecule has 0 saturated carbocycles. The largest absolute Gasteiger partial charge is 0.417 e. The predicted molar refractivity (Wildman–Crippen MR) is 109 cm³/mol. The van der Waals surface area contributed by atoms with Crippen LogP contribution in [0.1, 0.15) is 5.56 Å². The third-order valence-corrected chi connectivity index (χ3v) is 4.72. The second-order valence-electron chi connectivity index (χ2n) is 6.11. The highest BCUT2D eigenvalue weighted by atomic mass is 35.5. The summed E-state index contributed by atoms with van der Waals surface area (Å²) in [7, 11) is 0. The summed E-state index contributed by atoms with van der Waals surface area (Å²) in [6.07, 6.45) is 5.27. The van der Waals surface area contributed by atoms with E-state index < -0.39 is 6.09 Å². The van der Waals surface area contributed by atoms with Crippen molar-refractivity contribution in [2.45, 2.75) is 6.54 Å². The molecule has 3 aromatic heterocycles. The lowest BCUT2D eigenvalue weighted by molar-refractivity contribution is 0.215. The molecule has 6 nitrogen and oxygen atoms in total. The molecule has 0 aliphatic carbocycles. The second-order valence-corrected chi connectivity index (χ2v) is 6.93. The molecule has 1 aromatic carbocycles. The summed E-state index contributed by atoms with van der Waals surface area (Å²) in [6, 6.07) is 9.68. The fourth-order valence-corrected chi connectivity index (χ4v) is 3.30. The van der Waals surface area contributed by atoms with Crippen LogP contribution in [0.3, 0.4) is 0 Å². The van der Waals surface area contributed by atoms with Gasteiger partial charge in [0.25, 0.3) is 0 Å². The van der Waals surface area contributed by atoms with E-state index in [9.17, 15) is 9.18 Å². The van der Waals surface area contributed by atoms with Crippen LogP contribution in [0, 0.1) is 5.82 Å². The van der Waals surface area contributed by atoms with Crippen molar-refractivity contribution in [2.75, 3.05) is 5.32 Å². The maximum absolute atomic E-state index is 13.2. The molecule has 0 saturated heterocycles. The highest BCUT2D eigenvalue weighted by Gasteiger charge is 2.16. The van der Waals surface area contributed by atoms with Gasteiger partial charge in [0.05, 0.1) is 21.1 Å². The Hall–Kier alpha value is -3.16. The van der Waals surface area contributed by atoms with Gasteiger partial charge in [-0.3, -0.25) is 10.3 Å². The lowest BCUT2D eigenvalue weighted by Gasteiger charge is -2.08. The molecule has 0 aliphatic rings. The molecule has 0 radical (unpaired) electrons. The summed E-state index contributed by atoms with van der Waals surface area (Å²) in [5.74, 6) is 0.00683. The summed E-state index contributed by atoms with van der Waals surface area (Å²) >= 11 is 12.0. The Kier molecular flexibility index (Phi) is 5.33. The molecule has 0 fully saturated rings. The zero-order chi connectivity index (χ0) is 20.4. The fraction of sp³-hybridized carbons (Fsp3) is 0.0500. The first-order valence-corrected chi connectivity index (χ1v) is 9.23. The van der Waals surface area contributed by atoms with E-state index in [0.29, 0.717) is 23.3 Å². The summed E-state index contributed by atoms with van der Waals surface area (Å²) in [5, 5.41) is 3.55. The highest BCUT2D eigenvalue weighted by molar-refractivity contribution is 6.39. The molecular weight excluding hydrogens is 418 g/mol. The number of amides is 1. The predicted octanol–water partition coefficient (Wildman–Crippen LogP) is 5.54. The molecule has 0 aliphatic heterocycles. The van der Waals surface area contributed by atoms with Crippen molar-refractivity contribution >= 4 is 46.0 Å².